The first-order chi connectivity index (χ1) is 16.3. The standard InChI is InChI=1S/C25H25ClN4O4/c1-15-7-8-16(2)30(15)28-25(33)17-5-4-6-20(11-17)27-24(32)18-12-23(31)29(14-18)21-13-19(26)9-10-22(21)34-3/h4-11,13,18H,12,14H2,1-3H3,(H,27,32)(H,28,33)/t18-/m0/s1. The van der Waals surface area contributed by atoms with Gasteiger partial charge in [-0.1, -0.05) is 17.7 Å². The normalized spacial score (nSPS) is 15.4. The maximum Gasteiger partial charge on any atom is 0.270 e. The molecule has 0 radical (unpaired) electrons. The number of carbonyl (C=O) groups is 3. The first-order valence-corrected chi connectivity index (χ1v) is 11.2. The van der Waals surface area contributed by atoms with E-state index in [0.717, 1.165) is 11.4 Å². The molecule has 4 rings (SSSR count). The minimum absolute atomic E-state index is 0.0634. The van der Waals surface area contributed by atoms with Crippen molar-refractivity contribution in [2.45, 2.75) is 20.3 Å². The van der Waals surface area contributed by atoms with E-state index in [4.69, 9.17) is 16.3 Å². The number of anilines is 2. The Labute approximate surface area is 202 Å². The Kier molecular flexibility index (Phi) is 6.61. The third-order valence-electron chi connectivity index (χ3n) is 5.80. The number of hydrogen-bond acceptors (Lipinski definition) is 4. The van der Waals surface area contributed by atoms with Crippen LogP contribution in [0.1, 0.15) is 28.2 Å². The van der Waals surface area contributed by atoms with Gasteiger partial charge in [-0.05, 0) is 62.4 Å². The number of hydrogen-bond donors (Lipinski definition) is 2. The van der Waals surface area contributed by atoms with E-state index in [1.54, 1.807) is 47.1 Å². The zero-order valence-electron chi connectivity index (χ0n) is 19.1. The molecule has 0 unspecified atom stereocenters. The quantitative estimate of drug-likeness (QED) is 0.554. The van der Waals surface area contributed by atoms with Crippen molar-refractivity contribution in [3.63, 3.8) is 0 Å². The predicted molar refractivity (Wildman–Crippen MR) is 131 cm³/mol. The van der Waals surface area contributed by atoms with Gasteiger partial charge in [-0.25, -0.2) is 0 Å². The lowest BCUT2D eigenvalue weighted by atomic mass is 10.1. The molecule has 8 nitrogen and oxygen atoms in total. The fourth-order valence-electron chi connectivity index (χ4n) is 3.98. The third-order valence-corrected chi connectivity index (χ3v) is 6.04. The molecule has 0 bridgehead atoms. The smallest absolute Gasteiger partial charge is 0.270 e. The summed E-state index contributed by atoms with van der Waals surface area (Å²) in [5, 5.41) is 3.30. The van der Waals surface area contributed by atoms with Crippen LogP contribution >= 0.6 is 11.6 Å². The summed E-state index contributed by atoms with van der Waals surface area (Å²) < 4.78 is 7.05. The van der Waals surface area contributed by atoms with Crippen LogP contribution in [-0.2, 0) is 9.59 Å². The summed E-state index contributed by atoms with van der Waals surface area (Å²) in [5.41, 5.74) is 6.07. The highest BCUT2D eigenvalue weighted by Crippen LogP contribution is 2.35. The van der Waals surface area contributed by atoms with Gasteiger partial charge in [0.05, 0.1) is 18.7 Å². The lowest BCUT2D eigenvalue weighted by Gasteiger charge is -2.20. The van der Waals surface area contributed by atoms with Crippen molar-refractivity contribution < 1.29 is 19.1 Å². The zero-order chi connectivity index (χ0) is 24.4. The summed E-state index contributed by atoms with van der Waals surface area (Å²) in [6, 6.07) is 15.5. The lowest BCUT2D eigenvalue weighted by Crippen LogP contribution is -2.28. The number of nitrogens with zero attached hydrogens (tertiary/aromatic N) is 2. The molecule has 1 saturated heterocycles. The summed E-state index contributed by atoms with van der Waals surface area (Å²) in [7, 11) is 1.51. The Bertz CT molecular complexity index is 1250. The summed E-state index contributed by atoms with van der Waals surface area (Å²) >= 11 is 6.10. The van der Waals surface area contributed by atoms with Crippen LogP contribution < -0.4 is 20.4 Å². The fraction of sp³-hybridized carbons (Fsp3) is 0.240. The molecule has 1 aromatic heterocycles. The molecular weight excluding hydrogens is 456 g/mol. The van der Waals surface area contributed by atoms with E-state index in [1.807, 2.05) is 26.0 Å². The van der Waals surface area contributed by atoms with Crippen LogP contribution in [0.5, 0.6) is 5.75 Å². The van der Waals surface area contributed by atoms with Gasteiger partial charge < -0.3 is 15.0 Å². The summed E-state index contributed by atoms with van der Waals surface area (Å²) in [6.07, 6.45) is 0.0634. The molecular formula is C25H25ClN4O4. The molecule has 3 aromatic rings. The highest BCUT2D eigenvalue weighted by Gasteiger charge is 2.36. The number of aromatic nitrogens is 1. The topological polar surface area (TPSA) is 92.7 Å². The SMILES string of the molecule is COc1ccc(Cl)cc1N1C[C@@H](C(=O)Nc2cccc(C(=O)Nn3c(C)ccc3C)c2)CC1=O. The minimum Gasteiger partial charge on any atom is -0.495 e. The Morgan fingerprint density at radius 3 is 2.50 bits per heavy atom. The number of rotatable bonds is 6. The number of nitrogens with one attached hydrogen (secondary N) is 2. The Balaban J connectivity index is 1.45. The van der Waals surface area contributed by atoms with Gasteiger partial charge >= 0.3 is 0 Å². The van der Waals surface area contributed by atoms with Crippen LogP contribution in [0.25, 0.3) is 0 Å². The van der Waals surface area contributed by atoms with Crippen molar-refractivity contribution in [2.24, 2.45) is 5.92 Å². The third kappa shape index (κ3) is 4.77. The highest BCUT2D eigenvalue weighted by molar-refractivity contribution is 6.31. The van der Waals surface area contributed by atoms with E-state index >= 15 is 0 Å². The number of amides is 3. The highest BCUT2D eigenvalue weighted by atomic mass is 35.5. The first-order valence-electron chi connectivity index (χ1n) is 10.8. The Morgan fingerprint density at radius 1 is 1.06 bits per heavy atom. The molecule has 176 valence electrons. The van der Waals surface area contributed by atoms with Crippen molar-refractivity contribution >= 4 is 40.7 Å². The fourth-order valence-corrected chi connectivity index (χ4v) is 4.15. The molecule has 34 heavy (non-hydrogen) atoms. The van der Waals surface area contributed by atoms with Gasteiger partial charge in [-0.2, -0.15) is 0 Å². The number of methoxy groups -OCH3 is 1. The molecule has 9 heteroatoms. The second kappa shape index (κ2) is 9.61. The van der Waals surface area contributed by atoms with Gasteiger partial charge in [0.15, 0.2) is 0 Å². The largest absolute Gasteiger partial charge is 0.495 e. The second-order valence-corrected chi connectivity index (χ2v) is 8.62. The van der Waals surface area contributed by atoms with E-state index in [9.17, 15) is 14.4 Å². The number of aryl methyl sites for hydroxylation is 2. The van der Waals surface area contributed by atoms with Crippen LogP contribution in [-0.4, -0.2) is 36.1 Å². The van der Waals surface area contributed by atoms with Gasteiger partial charge in [-0.3, -0.25) is 24.5 Å². The van der Waals surface area contributed by atoms with Crippen LogP contribution in [0.2, 0.25) is 5.02 Å². The molecule has 1 atom stereocenters. The van der Waals surface area contributed by atoms with E-state index in [2.05, 4.69) is 10.7 Å². The Hall–Kier alpha value is -3.78. The average molecular weight is 481 g/mol. The molecule has 1 aliphatic heterocycles. The van der Waals surface area contributed by atoms with Crippen LogP contribution in [0, 0.1) is 19.8 Å². The van der Waals surface area contributed by atoms with E-state index < -0.39 is 5.92 Å². The molecule has 2 heterocycles. The van der Waals surface area contributed by atoms with Crippen molar-refractivity contribution in [3.8, 4) is 5.75 Å². The number of benzene rings is 2. The van der Waals surface area contributed by atoms with Crippen LogP contribution in [0.4, 0.5) is 11.4 Å². The number of ether oxygens (including phenoxy) is 1. The van der Waals surface area contributed by atoms with Gasteiger partial charge in [0.25, 0.3) is 5.91 Å². The molecule has 1 aliphatic rings. The molecule has 2 N–H and O–H groups in total. The number of halogens is 1. The summed E-state index contributed by atoms with van der Waals surface area (Å²) in [5.74, 6) is -0.837. The van der Waals surface area contributed by atoms with Gasteiger partial charge in [-0.15, -0.1) is 0 Å². The molecule has 0 saturated carbocycles. The van der Waals surface area contributed by atoms with Gasteiger partial charge in [0.1, 0.15) is 5.75 Å². The molecule has 3 amide bonds. The van der Waals surface area contributed by atoms with Gasteiger partial charge in [0.2, 0.25) is 11.8 Å². The van der Waals surface area contributed by atoms with Crippen LogP contribution in [0.15, 0.2) is 54.6 Å². The van der Waals surface area contributed by atoms with Crippen molar-refractivity contribution in [2.75, 3.05) is 29.3 Å². The maximum absolute atomic E-state index is 12.9. The average Bonchev–Trinajstić information content (AvgIpc) is 3.36. The minimum atomic E-state index is -0.557. The monoisotopic (exact) mass is 480 g/mol. The zero-order valence-corrected chi connectivity index (χ0v) is 19.8. The molecule has 0 aliphatic carbocycles. The Morgan fingerprint density at radius 2 is 1.79 bits per heavy atom. The van der Waals surface area contributed by atoms with Crippen molar-refractivity contribution in [3.05, 3.63) is 76.6 Å². The lowest BCUT2D eigenvalue weighted by molar-refractivity contribution is -0.122. The first kappa shape index (κ1) is 23.4. The van der Waals surface area contributed by atoms with Crippen molar-refractivity contribution in [1.29, 1.82) is 0 Å². The molecule has 1 fully saturated rings. The van der Waals surface area contributed by atoms with E-state index in [0.29, 0.717) is 27.7 Å². The van der Waals surface area contributed by atoms with E-state index in [-0.39, 0.29) is 30.7 Å². The second-order valence-electron chi connectivity index (χ2n) is 8.18. The van der Waals surface area contributed by atoms with Gasteiger partial charge in [0, 0.05) is 40.6 Å². The summed E-state index contributed by atoms with van der Waals surface area (Å²) in [6.45, 7) is 4.00. The van der Waals surface area contributed by atoms with Crippen LogP contribution in [0.3, 0.4) is 0 Å². The molecule has 0 spiro atoms. The predicted octanol–water partition coefficient (Wildman–Crippen LogP) is 4.14. The molecule has 2 aromatic carbocycles. The summed E-state index contributed by atoms with van der Waals surface area (Å²) in [4.78, 5) is 39.8. The van der Waals surface area contributed by atoms with E-state index in [1.165, 1.54) is 12.0 Å². The van der Waals surface area contributed by atoms with Crippen molar-refractivity contribution in [1.82, 2.24) is 4.68 Å². The maximum atomic E-state index is 12.9. The number of carbonyl (C=O) groups excluding carboxylic acids is 3.